The molecule has 0 fully saturated rings. The molecule has 5 aromatic rings. The van der Waals surface area contributed by atoms with E-state index in [0.29, 0.717) is 29.1 Å². The van der Waals surface area contributed by atoms with E-state index in [-0.39, 0.29) is 20.9 Å². The summed E-state index contributed by atoms with van der Waals surface area (Å²) in [6.07, 6.45) is 8.20. The van der Waals surface area contributed by atoms with Gasteiger partial charge >= 0.3 is 0 Å². The SMILES string of the molecule is CC[C@H](NC(=O)c1cnn2cccnc12)c1nc2c(Cl)ccc(Cl)c2c(=O)n1-c1cn[nH]c1. The zero-order valence-corrected chi connectivity index (χ0v) is 18.7. The Kier molecular flexibility index (Phi) is 5.31. The summed E-state index contributed by atoms with van der Waals surface area (Å²) in [7, 11) is 0. The summed E-state index contributed by atoms with van der Waals surface area (Å²) in [5, 5.41) is 14.4. The molecule has 2 N–H and O–H groups in total. The van der Waals surface area contributed by atoms with Crippen LogP contribution in [0.2, 0.25) is 10.0 Å². The van der Waals surface area contributed by atoms with Crippen molar-refractivity contribution in [3.8, 4) is 5.69 Å². The van der Waals surface area contributed by atoms with Gasteiger partial charge in [-0.1, -0.05) is 30.1 Å². The molecule has 0 bridgehead atoms. The van der Waals surface area contributed by atoms with E-state index >= 15 is 0 Å². The molecular formula is C21H16Cl2N8O2. The molecule has 0 unspecified atom stereocenters. The quantitative estimate of drug-likeness (QED) is 0.395. The molecule has 4 heterocycles. The number of rotatable bonds is 5. The van der Waals surface area contributed by atoms with Crippen LogP contribution in [0.25, 0.3) is 22.2 Å². The fraction of sp³-hybridized carbons (Fsp3) is 0.143. The lowest BCUT2D eigenvalue weighted by atomic mass is 10.1. The topological polar surface area (TPSA) is 123 Å². The van der Waals surface area contributed by atoms with Crippen molar-refractivity contribution in [2.75, 3.05) is 0 Å². The molecule has 1 aromatic carbocycles. The number of hydrogen-bond acceptors (Lipinski definition) is 6. The van der Waals surface area contributed by atoms with Crippen LogP contribution in [0.1, 0.15) is 35.6 Å². The van der Waals surface area contributed by atoms with Crippen LogP contribution in [0.3, 0.4) is 0 Å². The monoisotopic (exact) mass is 482 g/mol. The molecule has 10 nitrogen and oxygen atoms in total. The molecule has 0 aliphatic rings. The van der Waals surface area contributed by atoms with Gasteiger partial charge in [0.2, 0.25) is 0 Å². The van der Waals surface area contributed by atoms with Crippen molar-refractivity contribution < 1.29 is 4.79 Å². The molecule has 0 radical (unpaired) electrons. The number of H-pyrrole nitrogens is 1. The van der Waals surface area contributed by atoms with Gasteiger partial charge in [0.1, 0.15) is 11.4 Å². The zero-order chi connectivity index (χ0) is 23.1. The summed E-state index contributed by atoms with van der Waals surface area (Å²) in [6.45, 7) is 1.87. The third-order valence-corrected chi connectivity index (χ3v) is 5.86. The Morgan fingerprint density at radius 3 is 2.82 bits per heavy atom. The van der Waals surface area contributed by atoms with Gasteiger partial charge in [0.15, 0.2) is 5.65 Å². The highest BCUT2D eigenvalue weighted by atomic mass is 35.5. The van der Waals surface area contributed by atoms with Gasteiger partial charge in [-0.2, -0.15) is 10.2 Å². The summed E-state index contributed by atoms with van der Waals surface area (Å²) >= 11 is 12.7. The second-order valence-corrected chi connectivity index (χ2v) is 8.01. The zero-order valence-electron chi connectivity index (χ0n) is 17.2. The largest absolute Gasteiger partial charge is 0.342 e. The number of carbonyl (C=O) groups excluding carboxylic acids is 1. The van der Waals surface area contributed by atoms with E-state index in [9.17, 15) is 9.59 Å². The maximum atomic E-state index is 13.5. The first-order chi connectivity index (χ1) is 16.0. The molecule has 12 heteroatoms. The molecule has 1 amide bonds. The number of halogens is 2. The lowest BCUT2D eigenvalue weighted by molar-refractivity contribution is 0.0934. The minimum absolute atomic E-state index is 0.183. The van der Waals surface area contributed by atoms with E-state index in [2.05, 4.69) is 30.6 Å². The van der Waals surface area contributed by atoms with Gasteiger partial charge in [0.25, 0.3) is 11.5 Å². The summed E-state index contributed by atoms with van der Waals surface area (Å²) in [5.41, 5.74) is 1.00. The van der Waals surface area contributed by atoms with E-state index in [1.165, 1.54) is 21.5 Å². The average molecular weight is 483 g/mol. The highest BCUT2D eigenvalue weighted by Gasteiger charge is 2.25. The second kappa shape index (κ2) is 8.30. The number of aromatic nitrogens is 7. The summed E-state index contributed by atoms with van der Waals surface area (Å²) in [6, 6.07) is 4.20. The highest BCUT2D eigenvalue weighted by molar-refractivity contribution is 6.39. The van der Waals surface area contributed by atoms with Crippen LogP contribution in [0.15, 0.2) is 54.0 Å². The Hall–Kier alpha value is -3.76. The number of nitrogens with one attached hydrogen (secondary N) is 2. The molecule has 166 valence electrons. The minimum Gasteiger partial charge on any atom is -0.342 e. The lowest BCUT2D eigenvalue weighted by Gasteiger charge is -2.21. The Morgan fingerprint density at radius 2 is 2.06 bits per heavy atom. The summed E-state index contributed by atoms with van der Waals surface area (Å²) < 4.78 is 2.88. The van der Waals surface area contributed by atoms with Gasteiger partial charge in [-0.05, 0) is 24.6 Å². The maximum Gasteiger partial charge on any atom is 0.267 e. The molecule has 0 saturated carbocycles. The number of benzene rings is 1. The Morgan fingerprint density at radius 1 is 1.24 bits per heavy atom. The number of hydrogen-bond donors (Lipinski definition) is 2. The number of nitrogens with zero attached hydrogens (tertiary/aromatic N) is 6. The number of carbonyl (C=O) groups is 1. The van der Waals surface area contributed by atoms with Gasteiger partial charge < -0.3 is 5.32 Å². The summed E-state index contributed by atoms with van der Waals surface area (Å²) in [4.78, 5) is 35.6. The predicted octanol–water partition coefficient (Wildman–Crippen LogP) is 3.34. The van der Waals surface area contributed by atoms with Crippen molar-refractivity contribution in [2.24, 2.45) is 0 Å². The first-order valence-corrected chi connectivity index (χ1v) is 10.7. The van der Waals surface area contributed by atoms with Crippen LogP contribution < -0.4 is 10.9 Å². The third-order valence-electron chi connectivity index (χ3n) is 5.24. The van der Waals surface area contributed by atoms with Crippen LogP contribution in [-0.2, 0) is 0 Å². The molecule has 0 spiro atoms. The molecule has 33 heavy (non-hydrogen) atoms. The number of aromatic amines is 1. The van der Waals surface area contributed by atoms with E-state index in [1.807, 2.05) is 6.92 Å². The first kappa shape index (κ1) is 21.1. The fourth-order valence-electron chi connectivity index (χ4n) is 3.66. The third kappa shape index (κ3) is 3.53. The molecule has 1 atom stereocenters. The van der Waals surface area contributed by atoms with Crippen molar-refractivity contribution in [3.63, 3.8) is 0 Å². The van der Waals surface area contributed by atoms with Crippen LogP contribution in [0.5, 0.6) is 0 Å². The molecule has 0 aliphatic heterocycles. The molecular weight excluding hydrogens is 467 g/mol. The van der Waals surface area contributed by atoms with Crippen LogP contribution in [-0.4, -0.2) is 40.3 Å². The average Bonchev–Trinajstić information content (AvgIpc) is 3.49. The highest BCUT2D eigenvalue weighted by Crippen LogP contribution is 2.29. The van der Waals surface area contributed by atoms with Crippen molar-refractivity contribution >= 4 is 45.7 Å². The normalized spacial score (nSPS) is 12.3. The maximum absolute atomic E-state index is 13.5. The van der Waals surface area contributed by atoms with Gasteiger partial charge in [-0.3, -0.25) is 19.3 Å². The van der Waals surface area contributed by atoms with E-state index < -0.39 is 17.5 Å². The first-order valence-electron chi connectivity index (χ1n) is 9.98. The Labute approximate surface area is 196 Å². The number of fused-ring (bicyclic) bond motifs is 2. The molecule has 0 aliphatic carbocycles. The van der Waals surface area contributed by atoms with Crippen molar-refractivity contribution in [1.29, 1.82) is 0 Å². The molecule has 5 rings (SSSR count). The molecule has 4 aromatic heterocycles. The second-order valence-electron chi connectivity index (χ2n) is 7.20. The standard InChI is InChI=1S/C21H16Cl2N8O2/c1-2-15(28-20(32)12-10-27-30-7-3-6-24-18(12)30)19-29-17-14(23)5-4-13(22)16(17)21(33)31(19)11-8-25-26-9-11/h3-10,15H,2H2,1H3,(H,25,26)(H,28,32)/t15-/m0/s1. The van der Waals surface area contributed by atoms with Crippen molar-refractivity contribution in [2.45, 2.75) is 19.4 Å². The van der Waals surface area contributed by atoms with Crippen molar-refractivity contribution in [3.05, 3.63) is 81.0 Å². The van der Waals surface area contributed by atoms with E-state index in [0.717, 1.165) is 0 Å². The minimum atomic E-state index is -0.641. The van der Waals surface area contributed by atoms with Gasteiger partial charge in [0, 0.05) is 18.6 Å². The van der Waals surface area contributed by atoms with E-state index in [1.54, 1.807) is 36.8 Å². The van der Waals surface area contributed by atoms with Gasteiger partial charge in [-0.25, -0.2) is 14.5 Å². The number of amides is 1. The van der Waals surface area contributed by atoms with E-state index in [4.69, 9.17) is 23.2 Å². The van der Waals surface area contributed by atoms with Crippen LogP contribution >= 0.6 is 23.2 Å². The van der Waals surface area contributed by atoms with Crippen LogP contribution in [0.4, 0.5) is 0 Å². The smallest absolute Gasteiger partial charge is 0.267 e. The predicted molar refractivity (Wildman–Crippen MR) is 123 cm³/mol. The van der Waals surface area contributed by atoms with Gasteiger partial charge in [-0.15, -0.1) is 0 Å². The fourth-order valence-corrected chi connectivity index (χ4v) is 4.09. The van der Waals surface area contributed by atoms with Crippen LogP contribution in [0, 0.1) is 0 Å². The Bertz CT molecular complexity index is 1560. The molecule has 0 saturated heterocycles. The Balaban J connectivity index is 1.67. The summed E-state index contributed by atoms with van der Waals surface area (Å²) in [5.74, 6) is -0.112. The van der Waals surface area contributed by atoms with Crippen molar-refractivity contribution in [1.82, 2.24) is 39.7 Å². The van der Waals surface area contributed by atoms with Gasteiger partial charge in [0.05, 0.1) is 45.1 Å². The lowest BCUT2D eigenvalue weighted by Crippen LogP contribution is -2.34.